The molecule has 1 heterocycles. The van der Waals surface area contributed by atoms with Gasteiger partial charge in [-0.15, -0.1) is 0 Å². The van der Waals surface area contributed by atoms with Gasteiger partial charge in [-0.3, -0.25) is 10.1 Å². The Balaban J connectivity index is 2.04. The van der Waals surface area contributed by atoms with Crippen LogP contribution in [0.15, 0.2) is 36.5 Å². The van der Waals surface area contributed by atoms with E-state index in [9.17, 15) is 23.3 Å². The van der Waals surface area contributed by atoms with E-state index in [1.165, 1.54) is 24.3 Å². The number of anilines is 1. The van der Waals surface area contributed by atoms with Gasteiger partial charge in [-0.05, 0) is 11.6 Å². The normalized spacial score (nSPS) is 11.2. The molecule has 2 aromatic rings. The lowest BCUT2D eigenvalue weighted by Gasteiger charge is -2.08. The summed E-state index contributed by atoms with van der Waals surface area (Å²) in [6, 6.07) is 6.39. The summed E-state index contributed by atoms with van der Waals surface area (Å²) >= 11 is 0. The minimum absolute atomic E-state index is 0.0610. The summed E-state index contributed by atoms with van der Waals surface area (Å²) in [4.78, 5) is 17.0. The molecule has 6 nitrogen and oxygen atoms in total. The highest BCUT2D eigenvalue weighted by Gasteiger charge is 2.32. The van der Waals surface area contributed by atoms with Gasteiger partial charge in [-0.25, -0.2) is 9.97 Å². The number of halogens is 3. The molecule has 0 unspecified atom stereocenters. The lowest BCUT2D eigenvalue weighted by Crippen LogP contribution is -2.11. The lowest BCUT2D eigenvalue weighted by molar-refractivity contribution is -0.384. The first-order valence-electron chi connectivity index (χ1n) is 5.74. The van der Waals surface area contributed by atoms with Crippen molar-refractivity contribution in [1.82, 2.24) is 9.97 Å². The SMILES string of the molecule is O=[N+]([O-])c1ccc(CNc2nccc(C(F)(F)F)n2)cc1. The average molecular weight is 298 g/mol. The van der Waals surface area contributed by atoms with Crippen molar-refractivity contribution in [1.29, 1.82) is 0 Å². The number of nitro groups is 1. The van der Waals surface area contributed by atoms with Crippen LogP contribution in [-0.4, -0.2) is 14.9 Å². The van der Waals surface area contributed by atoms with E-state index in [-0.39, 0.29) is 18.2 Å². The molecule has 0 saturated carbocycles. The Bertz CT molecular complexity index is 644. The third kappa shape index (κ3) is 3.88. The number of alkyl halides is 3. The Hall–Kier alpha value is -2.71. The van der Waals surface area contributed by atoms with Gasteiger partial charge in [-0.2, -0.15) is 13.2 Å². The van der Waals surface area contributed by atoms with Gasteiger partial charge in [0, 0.05) is 24.9 Å². The van der Waals surface area contributed by atoms with Gasteiger partial charge in [0.05, 0.1) is 4.92 Å². The molecule has 2 rings (SSSR count). The Morgan fingerprint density at radius 1 is 1.19 bits per heavy atom. The molecule has 9 heteroatoms. The largest absolute Gasteiger partial charge is 0.433 e. The van der Waals surface area contributed by atoms with Crippen molar-refractivity contribution in [3.05, 3.63) is 57.9 Å². The molecule has 1 N–H and O–H groups in total. The van der Waals surface area contributed by atoms with E-state index < -0.39 is 16.8 Å². The van der Waals surface area contributed by atoms with Crippen LogP contribution in [-0.2, 0) is 12.7 Å². The van der Waals surface area contributed by atoms with Crippen LogP contribution < -0.4 is 5.32 Å². The molecule has 0 atom stereocenters. The molecule has 0 aliphatic heterocycles. The van der Waals surface area contributed by atoms with Crippen molar-refractivity contribution in [2.24, 2.45) is 0 Å². The molecule has 110 valence electrons. The number of rotatable bonds is 4. The number of benzene rings is 1. The second-order valence-corrected chi connectivity index (χ2v) is 4.04. The van der Waals surface area contributed by atoms with Gasteiger partial charge in [0.2, 0.25) is 5.95 Å². The number of aromatic nitrogens is 2. The summed E-state index contributed by atoms with van der Waals surface area (Å²) in [6.07, 6.45) is -3.53. The summed E-state index contributed by atoms with van der Waals surface area (Å²) in [5, 5.41) is 13.1. The number of hydrogen-bond donors (Lipinski definition) is 1. The fourth-order valence-electron chi connectivity index (χ4n) is 1.52. The van der Waals surface area contributed by atoms with E-state index in [0.717, 1.165) is 12.3 Å². The van der Waals surface area contributed by atoms with Crippen LogP contribution in [0.3, 0.4) is 0 Å². The molecule has 0 spiro atoms. The maximum absolute atomic E-state index is 12.5. The van der Waals surface area contributed by atoms with Crippen molar-refractivity contribution < 1.29 is 18.1 Å². The van der Waals surface area contributed by atoms with Crippen LogP contribution in [0.25, 0.3) is 0 Å². The monoisotopic (exact) mass is 298 g/mol. The molecule has 1 aromatic carbocycles. The highest BCUT2D eigenvalue weighted by molar-refractivity contribution is 5.35. The Morgan fingerprint density at radius 3 is 2.43 bits per heavy atom. The second kappa shape index (κ2) is 5.73. The van der Waals surface area contributed by atoms with E-state index >= 15 is 0 Å². The van der Waals surface area contributed by atoms with Gasteiger partial charge >= 0.3 is 6.18 Å². The molecule has 0 bridgehead atoms. The highest BCUT2D eigenvalue weighted by Crippen LogP contribution is 2.27. The first-order valence-corrected chi connectivity index (χ1v) is 5.74. The number of hydrogen-bond acceptors (Lipinski definition) is 5. The van der Waals surface area contributed by atoms with Crippen LogP contribution in [0, 0.1) is 10.1 Å². The van der Waals surface area contributed by atoms with Gasteiger partial charge in [-0.1, -0.05) is 12.1 Å². The molecular weight excluding hydrogens is 289 g/mol. The zero-order valence-corrected chi connectivity index (χ0v) is 10.5. The lowest BCUT2D eigenvalue weighted by atomic mass is 10.2. The molecule has 0 radical (unpaired) electrons. The van der Waals surface area contributed by atoms with Crippen LogP contribution in [0.1, 0.15) is 11.3 Å². The van der Waals surface area contributed by atoms with Crippen LogP contribution in [0.4, 0.5) is 24.8 Å². The fraction of sp³-hybridized carbons (Fsp3) is 0.167. The van der Waals surface area contributed by atoms with Crippen molar-refractivity contribution in [3.8, 4) is 0 Å². The maximum atomic E-state index is 12.5. The predicted molar refractivity (Wildman–Crippen MR) is 67.5 cm³/mol. The van der Waals surface area contributed by atoms with Crippen molar-refractivity contribution in [2.45, 2.75) is 12.7 Å². The minimum atomic E-state index is -4.53. The fourth-order valence-corrected chi connectivity index (χ4v) is 1.52. The number of nitrogens with one attached hydrogen (secondary N) is 1. The van der Waals surface area contributed by atoms with E-state index in [1.807, 2.05) is 0 Å². The van der Waals surface area contributed by atoms with E-state index in [0.29, 0.717) is 5.56 Å². The quantitative estimate of drug-likeness (QED) is 0.693. The van der Waals surface area contributed by atoms with E-state index in [2.05, 4.69) is 15.3 Å². The van der Waals surface area contributed by atoms with Gasteiger partial charge in [0.15, 0.2) is 0 Å². The summed E-state index contributed by atoms with van der Waals surface area (Å²) in [5.74, 6) is -0.164. The highest BCUT2D eigenvalue weighted by atomic mass is 19.4. The third-order valence-electron chi connectivity index (χ3n) is 2.54. The molecule has 0 saturated heterocycles. The first kappa shape index (κ1) is 14.7. The molecular formula is C12H9F3N4O2. The zero-order chi connectivity index (χ0) is 15.5. The Morgan fingerprint density at radius 2 is 1.86 bits per heavy atom. The minimum Gasteiger partial charge on any atom is -0.350 e. The smallest absolute Gasteiger partial charge is 0.350 e. The van der Waals surface area contributed by atoms with Crippen LogP contribution in [0.2, 0.25) is 0 Å². The number of nitro benzene ring substituents is 1. The Kier molecular flexibility index (Phi) is 4.01. The van der Waals surface area contributed by atoms with E-state index in [1.54, 1.807) is 0 Å². The zero-order valence-electron chi connectivity index (χ0n) is 10.5. The van der Waals surface area contributed by atoms with Crippen LogP contribution >= 0.6 is 0 Å². The van der Waals surface area contributed by atoms with E-state index in [4.69, 9.17) is 0 Å². The molecule has 1 aromatic heterocycles. The first-order chi connectivity index (χ1) is 9.86. The van der Waals surface area contributed by atoms with Gasteiger partial charge in [0.25, 0.3) is 5.69 Å². The summed E-state index contributed by atoms with van der Waals surface area (Å²) < 4.78 is 37.4. The number of nitrogens with zero attached hydrogens (tertiary/aromatic N) is 3. The molecule has 21 heavy (non-hydrogen) atoms. The van der Waals surface area contributed by atoms with Crippen LogP contribution in [0.5, 0.6) is 0 Å². The van der Waals surface area contributed by atoms with Gasteiger partial charge in [0.1, 0.15) is 5.69 Å². The van der Waals surface area contributed by atoms with Crippen molar-refractivity contribution in [2.75, 3.05) is 5.32 Å². The molecule has 0 amide bonds. The molecule has 0 aliphatic carbocycles. The third-order valence-corrected chi connectivity index (χ3v) is 2.54. The second-order valence-electron chi connectivity index (χ2n) is 4.04. The molecule has 0 aliphatic rings. The van der Waals surface area contributed by atoms with Gasteiger partial charge < -0.3 is 5.32 Å². The predicted octanol–water partition coefficient (Wildman–Crippen LogP) is 3.02. The van der Waals surface area contributed by atoms with Crippen molar-refractivity contribution in [3.63, 3.8) is 0 Å². The number of non-ortho nitro benzene ring substituents is 1. The summed E-state index contributed by atoms with van der Waals surface area (Å²) in [5.41, 5.74) is -0.445. The summed E-state index contributed by atoms with van der Waals surface area (Å²) in [7, 11) is 0. The Labute approximate surface area is 116 Å². The molecule has 0 fully saturated rings. The standard InChI is InChI=1S/C12H9F3N4O2/c13-12(14,15)10-5-6-16-11(18-10)17-7-8-1-3-9(4-2-8)19(20)21/h1-6H,7H2,(H,16,17,18). The van der Waals surface area contributed by atoms with Crippen molar-refractivity contribution >= 4 is 11.6 Å². The summed E-state index contributed by atoms with van der Waals surface area (Å²) in [6.45, 7) is 0.152. The topological polar surface area (TPSA) is 81.0 Å². The average Bonchev–Trinajstić information content (AvgIpc) is 2.45. The maximum Gasteiger partial charge on any atom is 0.433 e.